The van der Waals surface area contributed by atoms with Crippen LogP contribution in [-0.4, -0.2) is 25.2 Å². The summed E-state index contributed by atoms with van der Waals surface area (Å²) < 4.78 is 8.34. The van der Waals surface area contributed by atoms with Crippen LogP contribution in [0.5, 0.6) is 5.75 Å². The number of nitrogens with one attached hydrogen (secondary N) is 1. The number of anilines is 1. The summed E-state index contributed by atoms with van der Waals surface area (Å²) >= 11 is 6.35. The molecular formula is C23H17ClN6O. The van der Waals surface area contributed by atoms with Crippen LogP contribution in [0.2, 0.25) is 5.02 Å². The minimum Gasteiger partial charge on any atom is -0.480 e. The summed E-state index contributed by atoms with van der Waals surface area (Å²) in [6.45, 7) is 2.07. The molecule has 0 bridgehead atoms. The number of rotatable bonds is 2. The van der Waals surface area contributed by atoms with E-state index in [9.17, 15) is 0 Å². The zero-order chi connectivity index (χ0) is 20.9. The molecule has 0 aliphatic carbocycles. The van der Waals surface area contributed by atoms with Gasteiger partial charge in [-0.2, -0.15) is 4.68 Å². The number of halogens is 1. The highest BCUT2D eigenvalue weighted by atomic mass is 35.5. The summed E-state index contributed by atoms with van der Waals surface area (Å²) in [4.78, 5) is 4.34. The minimum absolute atomic E-state index is 0.284. The van der Waals surface area contributed by atoms with E-state index in [1.54, 1.807) is 10.9 Å². The molecule has 4 aromatic rings. The summed E-state index contributed by atoms with van der Waals surface area (Å²) in [6, 6.07) is 17.7. The molecule has 2 aromatic heterocycles. The molecule has 31 heavy (non-hydrogen) atoms. The number of hydrogen-bond donors (Lipinski definition) is 1. The molecule has 2 aliphatic heterocycles. The zero-order valence-electron chi connectivity index (χ0n) is 16.5. The van der Waals surface area contributed by atoms with Crippen molar-refractivity contribution in [2.45, 2.75) is 19.1 Å². The Kier molecular flexibility index (Phi) is 4.04. The molecule has 0 amide bonds. The van der Waals surface area contributed by atoms with Crippen molar-refractivity contribution < 1.29 is 4.74 Å². The van der Waals surface area contributed by atoms with E-state index < -0.39 is 0 Å². The Morgan fingerprint density at radius 2 is 1.94 bits per heavy atom. The first-order valence-electron chi connectivity index (χ1n) is 9.91. The molecule has 2 aromatic carbocycles. The molecule has 2 aliphatic rings. The molecule has 6 rings (SSSR count). The molecule has 152 valence electrons. The molecule has 2 atom stereocenters. The molecule has 0 radical (unpaired) electrons. The van der Waals surface area contributed by atoms with Crippen molar-refractivity contribution in [1.82, 2.24) is 25.2 Å². The first kappa shape index (κ1) is 18.1. The zero-order valence-corrected chi connectivity index (χ0v) is 17.3. The second-order valence-corrected chi connectivity index (χ2v) is 8.08. The van der Waals surface area contributed by atoms with Crippen LogP contribution in [0.25, 0.3) is 5.70 Å². The molecule has 4 heterocycles. The lowest BCUT2D eigenvalue weighted by molar-refractivity contribution is 0.222. The van der Waals surface area contributed by atoms with Crippen molar-refractivity contribution in [2.75, 3.05) is 5.32 Å². The minimum atomic E-state index is -0.334. The lowest BCUT2D eigenvalue weighted by Crippen LogP contribution is -2.32. The Hall–Kier alpha value is -3.71. The quantitative estimate of drug-likeness (QED) is 0.503. The van der Waals surface area contributed by atoms with Crippen LogP contribution in [-0.2, 0) is 0 Å². The van der Waals surface area contributed by atoms with Gasteiger partial charge in [-0.05, 0) is 52.7 Å². The van der Waals surface area contributed by atoms with Crippen LogP contribution < -0.4 is 10.1 Å². The van der Waals surface area contributed by atoms with Crippen LogP contribution in [0.1, 0.15) is 34.4 Å². The van der Waals surface area contributed by atoms with Crippen LogP contribution in [0.15, 0.2) is 72.6 Å². The molecule has 1 N–H and O–H groups in total. The molecule has 0 saturated heterocycles. The highest BCUT2D eigenvalue weighted by Gasteiger charge is 2.41. The average Bonchev–Trinajstić information content (AvgIpc) is 3.27. The van der Waals surface area contributed by atoms with Crippen LogP contribution in [0, 0.1) is 6.92 Å². The highest BCUT2D eigenvalue weighted by molar-refractivity contribution is 6.30. The van der Waals surface area contributed by atoms with Crippen LogP contribution >= 0.6 is 11.6 Å². The number of ether oxygens (including phenoxy) is 1. The summed E-state index contributed by atoms with van der Waals surface area (Å²) in [5.41, 5.74) is 6.00. The number of aromatic nitrogens is 5. The van der Waals surface area contributed by atoms with E-state index in [2.05, 4.69) is 57.0 Å². The molecule has 0 unspecified atom stereocenters. The van der Waals surface area contributed by atoms with E-state index in [1.165, 1.54) is 5.56 Å². The maximum atomic E-state index is 6.57. The van der Waals surface area contributed by atoms with E-state index in [4.69, 9.17) is 16.3 Å². The smallest absolute Gasteiger partial charge is 0.248 e. The van der Waals surface area contributed by atoms with Crippen LogP contribution in [0.3, 0.4) is 0 Å². The number of nitrogens with zero attached hydrogens (tertiary/aromatic N) is 5. The largest absolute Gasteiger partial charge is 0.480 e. The van der Waals surface area contributed by atoms with Crippen molar-refractivity contribution in [2.24, 2.45) is 0 Å². The lowest BCUT2D eigenvalue weighted by atomic mass is 9.85. The van der Waals surface area contributed by atoms with Gasteiger partial charge in [-0.1, -0.05) is 52.6 Å². The molecule has 8 heteroatoms. The standard InChI is InChI=1S/C23H17ClN6O/c1-13-4-6-14(7-5-13)22-19-20(17-11-16(24)8-9-18(17)31-22)26-23-27-28-29-30(23)21(19)15-3-2-10-25-12-15/h2-12,21-22H,1H3,(H,26,27,29)/t21-,22+/m1/s1. The van der Waals surface area contributed by atoms with Gasteiger partial charge in [-0.25, -0.2) is 0 Å². The van der Waals surface area contributed by atoms with E-state index >= 15 is 0 Å². The SMILES string of the molecule is Cc1ccc([C@@H]2Oc3ccc(Cl)cc3C3=C2[C@@H](c2cccnc2)n2nnnc2N3)cc1. The normalized spacial score (nSPS) is 19.0. The molecule has 7 nitrogen and oxygen atoms in total. The maximum absolute atomic E-state index is 6.57. The van der Waals surface area contributed by atoms with E-state index in [1.807, 2.05) is 36.5 Å². The van der Waals surface area contributed by atoms with Gasteiger partial charge in [0.05, 0.1) is 5.70 Å². The monoisotopic (exact) mass is 428 g/mol. The number of benzene rings is 2. The number of tetrazole rings is 1. The average molecular weight is 429 g/mol. The van der Waals surface area contributed by atoms with Crippen molar-refractivity contribution in [3.8, 4) is 5.75 Å². The van der Waals surface area contributed by atoms with Crippen LogP contribution in [0.4, 0.5) is 5.95 Å². The van der Waals surface area contributed by atoms with Gasteiger partial charge in [0.25, 0.3) is 0 Å². The second-order valence-electron chi connectivity index (χ2n) is 7.64. The Labute approximate surface area is 183 Å². The van der Waals surface area contributed by atoms with Gasteiger partial charge in [0.1, 0.15) is 17.9 Å². The van der Waals surface area contributed by atoms with Gasteiger partial charge >= 0.3 is 0 Å². The van der Waals surface area contributed by atoms with Crippen molar-refractivity contribution >= 4 is 23.2 Å². The first-order valence-corrected chi connectivity index (χ1v) is 10.3. The third-order valence-corrected chi connectivity index (χ3v) is 5.91. The predicted molar refractivity (Wildman–Crippen MR) is 117 cm³/mol. The van der Waals surface area contributed by atoms with E-state index in [0.717, 1.165) is 33.7 Å². The van der Waals surface area contributed by atoms with Gasteiger partial charge in [0.2, 0.25) is 5.95 Å². The fourth-order valence-electron chi connectivity index (χ4n) is 4.24. The maximum Gasteiger partial charge on any atom is 0.248 e. The summed E-state index contributed by atoms with van der Waals surface area (Å²) in [5.74, 6) is 1.31. The van der Waals surface area contributed by atoms with Gasteiger partial charge in [0.15, 0.2) is 0 Å². The summed E-state index contributed by atoms with van der Waals surface area (Å²) in [7, 11) is 0. The number of pyridine rings is 1. The fourth-order valence-corrected chi connectivity index (χ4v) is 4.41. The van der Waals surface area contributed by atoms with Gasteiger partial charge in [-0.3, -0.25) is 4.98 Å². The topological polar surface area (TPSA) is 77.8 Å². The molecule has 0 fully saturated rings. The van der Waals surface area contributed by atoms with Crippen molar-refractivity contribution in [1.29, 1.82) is 0 Å². The summed E-state index contributed by atoms with van der Waals surface area (Å²) in [5, 5.41) is 16.4. The third kappa shape index (κ3) is 2.89. The molecule has 0 spiro atoms. The molecule has 0 saturated carbocycles. The van der Waals surface area contributed by atoms with E-state index in [0.29, 0.717) is 11.0 Å². The second kappa shape index (κ2) is 6.92. The number of fused-ring (bicyclic) bond motifs is 3. The highest BCUT2D eigenvalue weighted by Crippen LogP contribution is 2.50. The molecular weight excluding hydrogens is 412 g/mol. The van der Waals surface area contributed by atoms with Crippen molar-refractivity contribution in [3.63, 3.8) is 0 Å². The lowest BCUT2D eigenvalue weighted by Gasteiger charge is -2.38. The van der Waals surface area contributed by atoms with Gasteiger partial charge < -0.3 is 10.1 Å². The van der Waals surface area contributed by atoms with Crippen molar-refractivity contribution in [3.05, 3.63) is 99.8 Å². The third-order valence-electron chi connectivity index (χ3n) is 5.68. The fraction of sp³-hybridized carbons (Fsp3) is 0.130. The number of hydrogen-bond acceptors (Lipinski definition) is 6. The Balaban J connectivity index is 1.64. The summed E-state index contributed by atoms with van der Waals surface area (Å²) in [6.07, 6.45) is 3.26. The van der Waals surface area contributed by atoms with E-state index in [-0.39, 0.29) is 12.1 Å². The first-order chi connectivity index (χ1) is 15.2. The van der Waals surface area contributed by atoms with Gasteiger partial charge in [0, 0.05) is 28.6 Å². The predicted octanol–water partition coefficient (Wildman–Crippen LogP) is 4.59. The Bertz CT molecular complexity index is 1320. The Morgan fingerprint density at radius 1 is 1.06 bits per heavy atom. The number of aryl methyl sites for hydroxylation is 1. The Morgan fingerprint density at radius 3 is 2.74 bits per heavy atom. The van der Waals surface area contributed by atoms with Gasteiger partial charge in [-0.15, -0.1) is 0 Å².